The van der Waals surface area contributed by atoms with Crippen molar-refractivity contribution in [3.05, 3.63) is 71.1 Å². The van der Waals surface area contributed by atoms with Crippen molar-refractivity contribution in [2.24, 2.45) is 0 Å². The number of benzene rings is 1. The van der Waals surface area contributed by atoms with E-state index in [9.17, 15) is 9.90 Å². The lowest BCUT2D eigenvalue weighted by Gasteiger charge is -2.10. The highest BCUT2D eigenvalue weighted by Gasteiger charge is 2.18. The molecule has 0 aliphatic rings. The maximum absolute atomic E-state index is 11.8. The van der Waals surface area contributed by atoms with E-state index in [0.29, 0.717) is 22.7 Å². The molecule has 5 nitrogen and oxygen atoms in total. The molecule has 1 aromatic carbocycles. The van der Waals surface area contributed by atoms with Gasteiger partial charge in [-0.15, -0.1) is 0 Å². The van der Waals surface area contributed by atoms with Gasteiger partial charge in [-0.25, -0.2) is 4.79 Å². The van der Waals surface area contributed by atoms with Crippen molar-refractivity contribution < 1.29 is 18.7 Å². The summed E-state index contributed by atoms with van der Waals surface area (Å²) in [5, 5.41) is 10.9. The largest absolute Gasteiger partial charge is 0.507 e. The summed E-state index contributed by atoms with van der Waals surface area (Å²) in [5.74, 6) is 1.08. The van der Waals surface area contributed by atoms with Gasteiger partial charge in [0.2, 0.25) is 0 Å². The first-order chi connectivity index (χ1) is 11.9. The molecule has 0 spiro atoms. The van der Waals surface area contributed by atoms with E-state index in [1.807, 2.05) is 6.07 Å². The third-order valence-corrected chi connectivity index (χ3v) is 4.00. The van der Waals surface area contributed by atoms with Crippen LogP contribution in [0.3, 0.4) is 0 Å². The van der Waals surface area contributed by atoms with Gasteiger partial charge in [-0.3, -0.25) is 0 Å². The fourth-order valence-electron chi connectivity index (χ4n) is 2.51. The second-order valence-electron chi connectivity index (χ2n) is 5.68. The van der Waals surface area contributed by atoms with Crippen molar-refractivity contribution in [3.8, 4) is 23.0 Å². The van der Waals surface area contributed by atoms with Crippen LogP contribution in [0.5, 0.6) is 11.5 Å². The average Bonchev–Trinajstić information content (AvgIpc) is 3.03. The fraction of sp³-hybridized carbons (Fsp3) is 0.150. The number of fused-ring (bicyclic) bond motifs is 1. The third kappa shape index (κ3) is 2.96. The molecule has 3 rings (SSSR count). The molecule has 128 valence electrons. The van der Waals surface area contributed by atoms with Gasteiger partial charge in [0.25, 0.3) is 0 Å². The van der Waals surface area contributed by atoms with Crippen LogP contribution in [0, 0.1) is 13.8 Å². The minimum atomic E-state index is -0.595. The lowest BCUT2D eigenvalue weighted by atomic mass is 10.1. The van der Waals surface area contributed by atoms with Crippen LogP contribution < -0.4 is 10.4 Å². The van der Waals surface area contributed by atoms with E-state index in [-0.39, 0.29) is 23.2 Å². The Morgan fingerprint density at radius 3 is 2.52 bits per heavy atom. The van der Waals surface area contributed by atoms with E-state index in [2.05, 4.69) is 13.2 Å². The molecule has 0 amide bonds. The van der Waals surface area contributed by atoms with E-state index in [0.717, 1.165) is 5.39 Å². The molecular formula is C20H18O5. The van der Waals surface area contributed by atoms with Crippen LogP contribution in [0.15, 0.2) is 63.2 Å². The first kappa shape index (κ1) is 16.6. The summed E-state index contributed by atoms with van der Waals surface area (Å²) >= 11 is 0. The van der Waals surface area contributed by atoms with E-state index >= 15 is 0 Å². The smallest absolute Gasteiger partial charge is 0.343 e. The van der Waals surface area contributed by atoms with Crippen LogP contribution in [0.2, 0.25) is 0 Å². The summed E-state index contributed by atoms with van der Waals surface area (Å²) in [6, 6.07) is 7.12. The van der Waals surface area contributed by atoms with Crippen LogP contribution in [-0.4, -0.2) is 11.2 Å². The zero-order valence-electron chi connectivity index (χ0n) is 14.0. The summed E-state index contributed by atoms with van der Waals surface area (Å²) in [7, 11) is 0. The normalized spacial score (nSPS) is 11.0. The molecule has 0 aliphatic heterocycles. The molecule has 0 bridgehead atoms. The molecule has 2 aromatic heterocycles. The Labute approximate surface area is 144 Å². The van der Waals surface area contributed by atoms with Gasteiger partial charge in [0, 0.05) is 17.0 Å². The first-order valence-corrected chi connectivity index (χ1v) is 7.73. The number of furan rings is 1. The van der Waals surface area contributed by atoms with Crippen molar-refractivity contribution in [2.75, 3.05) is 0 Å². The van der Waals surface area contributed by atoms with Crippen LogP contribution in [0.1, 0.15) is 11.1 Å². The van der Waals surface area contributed by atoms with E-state index in [1.165, 1.54) is 6.92 Å². The standard InChI is InChI=1S/C20H18O5/c1-5-14(6-2)23-15-8-7-13-9-17(24-16(13)10-15)19-11(3)18(21)12(4)20(22)25-19/h5-10,14,21H,1-2H2,3-4H3. The monoisotopic (exact) mass is 338 g/mol. The minimum Gasteiger partial charge on any atom is -0.507 e. The summed E-state index contributed by atoms with van der Waals surface area (Å²) in [4.78, 5) is 11.8. The van der Waals surface area contributed by atoms with E-state index in [1.54, 1.807) is 37.3 Å². The third-order valence-electron chi connectivity index (χ3n) is 4.00. The maximum atomic E-state index is 11.8. The van der Waals surface area contributed by atoms with Gasteiger partial charge in [-0.05, 0) is 44.2 Å². The van der Waals surface area contributed by atoms with Gasteiger partial charge in [-0.1, -0.05) is 13.2 Å². The Bertz CT molecular complexity index is 1010. The second kappa shape index (κ2) is 6.36. The number of hydrogen-bond donors (Lipinski definition) is 1. The van der Waals surface area contributed by atoms with E-state index < -0.39 is 5.63 Å². The van der Waals surface area contributed by atoms with Gasteiger partial charge in [-0.2, -0.15) is 0 Å². The highest BCUT2D eigenvalue weighted by atomic mass is 16.5. The Morgan fingerprint density at radius 2 is 1.84 bits per heavy atom. The number of aromatic hydroxyl groups is 1. The molecule has 2 heterocycles. The van der Waals surface area contributed by atoms with Crippen LogP contribution in [0.25, 0.3) is 22.5 Å². The molecule has 0 aliphatic carbocycles. The van der Waals surface area contributed by atoms with Crippen molar-refractivity contribution in [3.63, 3.8) is 0 Å². The Hall–Kier alpha value is -3.21. The van der Waals surface area contributed by atoms with Crippen LogP contribution in [-0.2, 0) is 0 Å². The quantitative estimate of drug-likeness (QED) is 0.694. The average molecular weight is 338 g/mol. The fourth-order valence-corrected chi connectivity index (χ4v) is 2.51. The number of hydrogen-bond acceptors (Lipinski definition) is 5. The van der Waals surface area contributed by atoms with Gasteiger partial charge in [0.05, 0.1) is 5.56 Å². The van der Waals surface area contributed by atoms with Gasteiger partial charge < -0.3 is 18.7 Å². The topological polar surface area (TPSA) is 72.8 Å². The van der Waals surface area contributed by atoms with Crippen LogP contribution >= 0.6 is 0 Å². The molecule has 0 saturated carbocycles. The molecule has 3 aromatic rings. The molecule has 0 saturated heterocycles. The molecule has 1 N–H and O–H groups in total. The molecule has 0 fully saturated rings. The lowest BCUT2D eigenvalue weighted by Crippen LogP contribution is -2.08. The summed E-state index contributed by atoms with van der Waals surface area (Å²) < 4.78 is 16.8. The van der Waals surface area contributed by atoms with Gasteiger partial charge in [0.1, 0.15) is 23.2 Å². The Morgan fingerprint density at radius 1 is 1.12 bits per heavy atom. The highest BCUT2D eigenvalue weighted by Crippen LogP contribution is 2.34. The van der Waals surface area contributed by atoms with Crippen molar-refractivity contribution >= 4 is 11.0 Å². The molecule has 5 heteroatoms. The van der Waals surface area contributed by atoms with E-state index in [4.69, 9.17) is 13.6 Å². The predicted molar refractivity (Wildman–Crippen MR) is 96.1 cm³/mol. The molecule has 0 radical (unpaired) electrons. The van der Waals surface area contributed by atoms with Crippen molar-refractivity contribution in [1.82, 2.24) is 0 Å². The summed E-state index contributed by atoms with van der Waals surface area (Å²) in [6.07, 6.45) is 2.97. The van der Waals surface area contributed by atoms with Crippen molar-refractivity contribution in [1.29, 1.82) is 0 Å². The van der Waals surface area contributed by atoms with Gasteiger partial charge >= 0.3 is 5.63 Å². The predicted octanol–water partition coefficient (Wildman–Crippen LogP) is 4.49. The molecule has 25 heavy (non-hydrogen) atoms. The number of rotatable bonds is 5. The number of ether oxygens (including phenoxy) is 1. The van der Waals surface area contributed by atoms with Gasteiger partial charge in [0.15, 0.2) is 11.5 Å². The molecule has 0 unspecified atom stereocenters. The lowest BCUT2D eigenvalue weighted by molar-refractivity contribution is 0.297. The zero-order valence-corrected chi connectivity index (χ0v) is 14.0. The SMILES string of the molecule is C=CC(C=C)Oc1ccc2cc(-c3oc(=O)c(C)c(O)c3C)oc2c1. The zero-order chi connectivity index (χ0) is 18.1. The van der Waals surface area contributed by atoms with Crippen LogP contribution in [0.4, 0.5) is 0 Å². The summed E-state index contributed by atoms with van der Waals surface area (Å²) in [6.45, 7) is 10.5. The first-order valence-electron chi connectivity index (χ1n) is 7.73. The minimum absolute atomic E-state index is 0.0875. The Balaban J connectivity index is 2.07. The highest BCUT2D eigenvalue weighted by molar-refractivity contribution is 5.83. The molecule has 0 atom stereocenters. The molecular weight excluding hydrogens is 320 g/mol. The maximum Gasteiger partial charge on any atom is 0.343 e. The second-order valence-corrected chi connectivity index (χ2v) is 5.68. The Kier molecular flexibility index (Phi) is 4.23. The summed E-state index contributed by atoms with van der Waals surface area (Å²) in [5.41, 5.74) is 0.600. The van der Waals surface area contributed by atoms with Crippen molar-refractivity contribution in [2.45, 2.75) is 20.0 Å².